The highest BCUT2D eigenvalue weighted by molar-refractivity contribution is 9.11. The summed E-state index contributed by atoms with van der Waals surface area (Å²) < 4.78 is 12.6. The lowest BCUT2D eigenvalue weighted by atomic mass is 10.1. The van der Waals surface area contributed by atoms with Crippen molar-refractivity contribution in [1.29, 1.82) is 0 Å². The normalized spacial score (nSPS) is 11.0. The minimum atomic E-state index is -0.385. The van der Waals surface area contributed by atoms with E-state index in [1.54, 1.807) is 38.4 Å². The van der Waals surface area contributed by atoms with E-state index in [1.165, 1.54) is 14.1 Å². The summed E-state index contributed by atoms with van der Waals surface area (Å²) in [6.45, 7) is 4.00. The van der Waals surface area contributed by atoms with Crippen molar-refractivity contribution in [3.05, 3.63) is 55.9 Å². The van der Waals surface area contributed by atoms with Gasteiger partial charge < -0.3 is 40.5 Å². The molecule has 0 aliphatic rings. The molecule has 6 N–H and O–H groups in total. The molecule has 0 aliphatic carbocycles. The number of fused-ring (bicyclic) bond motifs is 2. The molecule has 4 aromatic rings. The number of anilines is 2. The van der Waals surface area contributed by atoms with E-state index in [-0.39, 0.29) is 34.1 Å². The molecule has 2 amide bonds. The van der Waals surface area contributed by atoms with Gasteiger partial charge in [-0.3, -0.25) is 9.59 Å². The van der Waals surface area contributed by atoms with Crippen LogP contribution in [-0.4, -0.2) is 61.8 Å². The number of nitrogens with one attached hydrogen (secondary N) is 4. The largest absolute Gasteiger partial charge is 0.454 e. The third-order valence-corrected chi connectivity index (χ3v) is 7.04. The molecule has 0 spiro atoms. The van der Waals surface area contributed by atoms with Gasteiger partial charge in [-0.2, -0.15) is 0 Å². The van der Waals surface area contributed by atoms with Crippen LogP contribution >= 0.6 is 43.5 Å². The monoisotopic (exact) mass is 714 g/mol. The molecular formula is C26H29Br2ClN6O6. The second-order valence-electron chi connectivity index (χ2n) is 7.60. The molecule has 0 saturated heterocycles. The van der Waals surface area contributed by atoms with Crippen LogP contribution in [0.2, 0.25) is 0 Å². The minimum absolute atomic E-state index is 0.0173. The van der Waals surface area contributed by atoms with E-state index in [4.69, 9.17) is 30.8 Å². The number of benzene rings is 2. The predicted octanol–water partition coefficient (Wildman–Crippen LogP) is 6.40. The molecule has 0 bridgehead atoms. The molecule has 2 aromatic carbocycles. The van der Waals surface area contributed by atoms with Crippen molar-refractivity contribution in [1.82, 2.24) is 10.6 Å². The molecule has 0 atom stereocenters. The van der Waals surface area contributed by atoms with E-state index >= 15 is 0 Å². The lowest BCUT2D eigenvalue weighted by Gasteiger charge is -2.03. The Bertz CT molecular complexity index is 1620. The molecule has 2 heterocycles. The predicted molar refractivity (Wildman–Crippen MR) is 169 cm³/mol. The van der Waals surface area contributed by atoms with Crippen LogP contribution in [0, 0.1) is 0 Å². The first kappa shape index (κ1) is 33.5. The summed E-state index contributed by atoms with van der Waals surface area (Å²) in [4.78, 5) is 23.9. The molecule has 220 valence electrons. The van der Waals surface area contributed by atoms with Crippen molar-refractivity contribution in [3.8, 4) is 0 Å². The average molecular weight is 717 g/mol. The van der Waals surface area contributed by atoms with Crippen molar-refractivity contribution < 1.29 is 28.8 Å². The summed E-state index contributed by atoms with van der Waals surface area (Å²) >= 11 is 12.6. The summed E-state index contributed by atoms with van der Waals surface area (Å²) in [5.41, 5.74) is 3.15. The third-order valence-electron chi connectivity index (χ3n) is 5.48. The Balaban J connectivity index is 0.000000271. The number of nitrogens with zero attached hydrogens (tertiary/aromatic N) is 2. The molecule has 41 heavy (non-hydrogen) atoms. The fraction of sp³-hybridized carbons (Fsp3) is 0.231. The van der Waals surface area contributed by atoms with Crippen molar-refractivity contribution in [3.63, 3.8) is 0 Å². The number of amides is 2. The molecule has 4 rings (SSSR count). The van der Waals surface area contributed by atoms with Gasteiger partial charge in [-0.05, 0) is 44.0 Å². The Labute approximate surface area is 257 Å². The lowest BCUT2D eigenvalue weighted by Crippen LogP contribution is -2.19. The molecule has 0 saturated carbocycles. The van der Waals surface area contributed by atoms with Crippen LogP contribution in [0.1, 0.15) is 46.1 Å². The van der Waals surface area contributed by atoms with Gasteiger partial charge in [0.05, 0.1) is 22.5 Å². The van der Waals surface area contributed by atoms with Gasteiger partial charge in [-0.25, -0.2) is 0 Å². The summed E-state index contributed by atoms with van der Waals surface area (Å²) in [6, 6.07) is 7.00. The number of hydrogen-bond acceptors (Lipinski definition) is 10. The summed E-state index contributed by atoms with van der Waals surface area (Å²) in [5.74, 6) is -0.469. The lowest BCUT2D eigenvalue weighted by molar-refractivity contribution is 0.0955. The van der Waals surface area contributed by atoms with Gasteiger partial charge >= 0.3 is 0 Å². The number of rotatable bonds is 6. The summed E-state index contributed by atoms with van der Waals surface area (Å²) in [5, 5.41) is 35.1. The quantitative estimate of drug-likeness (QED) is 0.0755. The van der Waals surface area contributed by atoms with E-state index in [1.807, 2.05) is 13.8 Å². The van der Waals surface area contributed by atoms with Gasteiger partial charge in [-0.15, -0.1) is 0 Å². The van der Waals surface area contributed by atoms with Crippen molar-refractivity contribution >= 4 is 100.0 Å². The third kappa shape index (κ3) is 7.13. The SMILES string of the molecule is CC.CNC(=O)c1c(/C(Cl)=N/O)oc2cc(NC)c(Br)cc12.CNC(=O)c1c(/C=N/O)oc2cc(NC)c(Br)cc12. The van der Waals surface area contributed by atoms with E-state index in [9.17, 15) is 9.59 Å². The van der Waals surface area contributed by atoms with E-state index in [0.29, 0.717) is 27.5 Å². The Kier molecular flexibility index (Phi) is 12.5. The molecule has 2 aromatic heterocycles. The van der Waals surface area contributed by atoms with Crippen LogP contribution in [-0.2, 0) is 0 Å². The zero-order valence-corrected chi connectivity index (χ0v) is 26.9. The number of carbonyl (C=O) groups is 2. The molecular weight excluding hydrogens is 688 g/mol. The van der Waals surface area contributed by atoms with Crippen molar-refractivity contribution in [2.75, 3.05) is 38.8 Å². The first-order valence-electron chi connectivity index (χ1n) is 12.0. The second kappa shape index (κ2) is 15.3. The topological polar surface area (TPSA) is 174 Å². The molecule has 12 nitrogen and oxygen atoms in total. The van der Waals surface area contributed by atoms with Crippen LogP contribution < -0.4 is 21.3 Å². The van der Waals surface area contributed by atoms with Crippen LogP contribution in [0.3, 0.4) is 0 Å². The van der Waals surface area contributed by atoms with Crippen LogP contribution in [0.4, 0.5) is 11.4 Å². The van der Waals surface area contributed by atoms with Gasteiger partial charge in [0.25, 0.3) is 11.8 Å². The summed E-state index contributed by atoms with van der Waals surface area (Å²) in [6.07, 6.45) is 1.09. The van der Waals surface area contributed by atoms with Crippen molar-refractivity contribution in [2.24, 2.45) is 10.3 Å². The maximum Gasteiger partial charge on any atom is 0.255 e. The fourth-order valence-electron chi connectivity index (χ4n) is 3.68. The number of oxime groups is 2. The molecule has 0 aliphatic heterocycles. The summed E-state index contributed by atoms with van der Waals surface area (Å²) in [7, 11) is 6.56. The second-order valence-corrected chi connectivity index (χ2v) is 9.66. The first-order valence-corrected chi connectivity index (χ1v) is 14.0. The van der Waals surface area contributed by atoms with Gasteiger partial charge in [0.1, 0.15) is 17.4 Å². The highest BCUT2D eigenvalue weighted by atomic mass is 79.9. The first-order chi connectivity index (χ1) is 19.6. The highest BCUT2D eigenvalue weighted by Crippen LogP contribution is 2.35. The van der Waals surface area contributed by atoms with Gasteiger partial charge in [-0.1, -0.05) is 35.8 Å². The zero-order valence-electron chi connectivity index (χ0n) is 22.9. The number of carbonyl (C=O) groups excluding carboxylic acids is 2. The standard InChI is InChI=1S/C12H11BrClN3O3.C12H12BrN3O3.C2H6/c1-15-7-4-8-5(3-6(7)13)9(12(18)16-2)10(20-8)11(14)17-19;1-14-8-4-9-6(3-7(8)13)11(12(17)15-2)10(19-9)5-16-18;1-2/h3-4,15,19H,1-2H3,(H,16,18);3-5,14,18H,1-2H3,(H,15,17);1-2H3/b17-11-;16-5+;. The van der Waals surface area contributed by atoms with Gasteiger partial charge in [0.2, 0.25) is 5.17 Å². The van der Waals surface area contributed by atoms with E-state index in [2.05, 4.69) is 63.4 Å². The molecule has 0 radical (unpaired) electrons. The molecule has 0 unspecified atom stereocenters. The Morgan fingerprint density at radius 2 is 1.29 bits per heavy atom. The Morgan fingerprint density at radius 1 is 0.829 bits per heavy atom. The van der Waals surface area contributed by atoms with Crippen LogP contribution in [0.15, 0.2) is 52.4 Å². The van der Waals surface area contributed by atoms with Gasteiger partial charge in [0.15, 0.2) is 11.5 Å². The average Bonchev–Trinajstić information content (AvgIpc) is 3.53. The van der Waals surface area contributed by atoms with Crippen LogP contribution in [0.5, 0.6) is 0 Å². The van der Waals surface area contributed by atoms with Crippen LogP contribution in [0.25, 0.3) is 21.9 Å². The number of halogens is 3. The molecule has 15 heteroatoms. The fourth-order valence-corrected chi connectivity index (χ4v) is 4.90. The number of furan rings is 2. The smallest absolute Gasteiger partial charge is 0.255 e. The maximum atomic E-state index is 12.0. The zero-order chi connectivity index (χ0) is 30.9. The van der Waals surface area contributed by atoms with E-state index in [0.717, 1.165) is 26.5 Å². The Hall–Kier alpha value is -3.75. The van der Waals surface area contributed by atoms with Crippen molar-refractivity contribution in [2.45, 2.75) is 13.8 Å². The highest BCUT2D eigenvalue weighted by Gasteiger charge is 2.24. The number of hydrogen-bond donors (Lipinski definition) is 6. The van der Waals surface area contributed by atoms with E-state index < -0.39 is 0 Å². The maximum absolute atomic E-state index is 12.0. The van der Waals surface area contributed by atoms with Gasteiger partial charge in [0, 0.05) is 60.0 Å². The minimum Gasteiger partial charge on any atom is -0.454 e. The molecule has 0 fully saturated rings. The Morgan fingerprint density at radius 3 is 1.73 bits per heavy atom.